The van der Waals surface area contributed by atoms with Gasteiger partial charge in [-0.05, 0) is 71.3 Å². The number of benzene rings is 4. The van der Waals surface area contributed by atoms with Crippen LogP contribution in [-0.4, -0.2) is 0 Å². The highest BCUT2D eigenvalue weighted by Crippen LogP contribution is 2.40. The molecule has 4 aromatic rings. The summed E-state index contributed by atoms with van der Waals surface area (Å²) in [5.41, 5.74) is 9.45. The first-order valence-corrected chi connectivity index (χ1v) is 13.0. The van der Waals surface area contributed by atoms with E-state index in [2.05, 4.69) is 143 Å². The van der Waals surface area contributed by atoms with Gasteiger partial charge in [-0.25, -0.2) is 0 Å². The molecule has 0 aromatic heterocycles. The van der Waals surface area contributed by atoms with E-state index in [-0.39, 0.29) is 5.41 Å². The number of rotatable bonds is 3. The third-order valence-electron chi connectivity index (χ3n) is 7.58. The minimum absolute atomic E-state index is 0.117. The Hall–Kier alpha value is -3.90. The van der Waals surface area contributed by atoms with Crippen molar-refractivity contribution >= 4 is 17.2 Å². The largest absolute Gasteiger partial charge is 0.0735 e. The van der Waals surface area contributed by atoms with Crippen molar-refractivity contribution in [2.24, 2.45) is 11.3 Å². The Morgan fingerprint density at radius 2 is 1.25 bits per heavy atom. The van der Waals surface area contributed by atoms with Gasteiger partial charge in [-0.2, -0.15) is 0 Å². The van der Waals surface area contributed by atoms with Gasteiger partial charge in [-0.1, -0.05) is 137 Å². The van der Waals surface area contributed by atoms with E-state index in [1.54, 1.807) is 0 Å². The summed E-state index contributed by atoms with van der Waals surface area (Å²) in [6, 6.07) is 35.2. The molecule has 1 unspecified atom stereocenters. The van der Waals surface area contributed by atoms with E-state index in [9.17, 15) is 0 Å². The predicted molar refractivity (Wildman–Crippen MR) is 153 cm³/mol. The molecule has 0 amide bonds. The zero-order chi connectivity index (χ0) is 24.9. The number of fused-ring (bicyclic) bond motifs is 2. The average Bonchev–Trinajstić information content (AvgIpc) is 3.46. The minimum atomic E-state index is 0.117. The van der Waals surface area contributed by atoms with E-state index in [1.807, 2.05) is 0 Å². The van der Waals surface area contributed by atoms with E-state index in [1.165, 1.54) is 59.8 Å². The van der Waals surface area contributed by atoms with Gasteiger partial charge >= 0.3 is 0 Å². The molecule has 0 fully saturated rings. The highest BCUT2D eigenvalue weighted by molar-refractivity contribution is 5.87. The summed E-state index contributed by atoms with van der Waals surface area (Å²) in [6.45, 7) is 9.29. The van der Waals surface area contributed by atoms with Gasteiger partial charge in [-0.15, -0.1) is 0 Å². The van der Waals surface area contributed by atoms with Crippen molar-refractivity contribution in [3.8, 4) is 0 Å². The van der Waals surface area contributed by atoms with E-state index in [0.717, 1.165) is 0 Å². The highest BCUT2D eigenvalue weighted by atomic mass is 14.3. The van der Waals surface area contributed by atoms with Crippen LogP contribution in [0.1, 0.15) is 49.9 Å². The summed E-state index contributed by atoms with van der Waals surface area (Å²) in [5, 5.41) is 5.28. The van der Waals surface area contributed by atoms with Crippen LogP contribution in [0.3, 0.4) is 0 Å². The van der Waals surface area contributed by atoms with Crippen molar-refractivity contribution < 1.29 is 0 Å². The molecule has 176 valence electrons. The van der Waals surface area contributed by atoms with Crippen molar-refractivity contribution in [1.29, 1.82) is 0 Å². The smallest absolute Gasteiger partial charge is 0.000207 e. The summed E-state index contributed by atoms with van der Waals surface area (Å²) in [4.78, 5) is 0. The van der Waals surface area contributed by atoms with E-state index < -0.39 is 0 Å². The topological polar surface area (TPSA) is 0 Å². The standard InChI is InChI=1S/C36H32/c1-24-21-28(36(2,3)4)23-32(24)35-31(20-19-30-29-18-12-11-17-27(29)22-33(30)35)34(25-13-7-5-8-14-25)26-15-9-6-10-16-26/h5-24H,1-4H3. The van der Waals surface area contributed by atoms with Gasteiger partial charge in [0.1, 0.15) is 0 Å². The SMILES string of the molecule is CC1C=C(C(C)(C)C)C=C1c1c2c(ccc1=C(c1ccccc1)c1ccccc1)=c1ccccc1=C2. The van der Waals surface area contributed by atoms with Gasteiger partial charge in [0, 0.05) is 5.92 Å². The molecule has 0 aliphatic heterocycles. The van der Waals surface area contributed by atoms with Gasteiger partial charge in [0.2, 0.25) is 0 Å². The van der Waals surface area contributed by atoms with Crippen molar-refractivity contribution in [3.63, 3.8) is 0 Å². The van der Waals surface area contributed by atoms with Gasteiger partial charge in [0.25, 0.3) is 0 Å². The zero-order valence-corrected chi connectivity index (χ0v) is 21.5. The Bertz CT molecular complexity index is 1700. The second kappa shape index (κ2) is 8.64. The summed E-state index contributed by atoms with van der Waals surface area (Å²) in [5.74, 6) is 0.356. The van der Waals surface area contributed by atoms with Crippen LogP contribution in [-0.2, 0) is 0 Å². The third kappa shape index (κ3) is 3.78. The Labute approximate surface area is 214 Å². The normalized spacial score (nSPS) is 16.1. The first-order chi connectivity index (χ1) is 17.4. The lowest BCUT2D eigenvalue weighted by atomic mass is 9.85. The molecule has 0 heteroatoms. The summed E-state index contributed by atoms with van der Waals surface area (Å²) >= 11 is 0. The molecule has 2 aliphatic carbocycles. The van der Waals surface area contributed by atoms with Crippen LogP contribution in [0.15, 0.2) is 115 Å². The summed E-state index contributed by atoms with van der Waals surface area (Å²) < 4.78 is 0. The van der Waals surface area contributed by atoms with Gasteiger partial charge in [-0.3, -0.25) is 0 Å². The quantitative estimate of drug-likeness (QED) is 0.261. The lowest BCUT2D eigenvalue weighted by molar-refractivity contribution is 0.516. The molecule has 0 spiro atoms. The molecule has 6 rings (SSSR count). The van der Waals surface area contributed by atoms with E-state index in [4.69, 9.17) is 0 Å². The molecule has 0 radical (unpaired) electrons. The molecule has 1 atom stereocenters. The lowest BCUT2D eigenvalue weighted by Gasteiger charge is -2.19. The zero-order valence-electron chi connectivity index (χ0n) is 21.5. The molecule has 0 saturated heterocycles. The van der Waals surface area contributed by atoms with Gasteiger partial charge in [0.15, 0.2) is 0 Å². The first-order valence-electron chi connectivity index (χ1n) is 13.0. The second-order valence-corrected chi connectivity index (χ2v) is 11.0. The third-order valence-corrected chi connectivity index (χ3v) is 7.58. The van der Waals surface area contributed by atoms with Crippen molar-refractivity contribution in [2.75, 3.05) is 0 Å². The van der Waals surface area contributed by atoms with Crippen LogP contribution in [0.25, 0.3) is 17.2 Å². The highest BCUT2D eigenvalue weighted by Gasteiger charge is 2.27. The van der Waals surface area contributed by atoms with Crippen LogP contribution in [0.5, 0.6) is 0 Å². The summed E-state index contributed by atoms with van der Waals surface area (Å²) in [7, 11) is 0. The number of hydrogen-bond donors (Lipinski definition) is 0. The Balaban J connectivity index is 1.79. The van der Waals surface area contributed by atoms with Crippen LogP contribution in [0, 0.1) is 21.8 Å². The predicted octanol–water partition coefficient (Wildman–Crippen LogP) is 7.37. The van der Waals surface area contributed by atoms with Crippen molar-refractivity contribution in [3.05, 3.63) is 158 Å². The summed E-state index contributed by atoms with van der Waals surface area (Å²) in [6.07, 6.45) is 7.33. The molecule has 4 aromatic carbocycles. The molecular formula is C36H32. The minimum Gasteiger partial charge on any atom is -0.0735 e. The first kappa shape index (κ1) is 22.6. The molecule has 0 bridgehead atoms. The number of hydrogen-bond acceptors (Lipinski definition) is 0. The fourth-order valence-corrected chi connectivity index (χ4v) is 5.71. The molecule has 0 N–H and O–H groups in total. The second-order valence-electron chi connectivity index (χ2n) is 11.0. The van der Waals surface area contributed by atoms with Crippen LogP contribution in [0.4, 0.5) is 0 Å². The van der Waals surface area contributed by atoms with Crippen LogP contribution < -0.4 is 10.4 Å². The molecule has 0 nitrogen and oxygen atoms in total. The number of allylic oxidation sites excluding steroid dienone is 4. The molecule has 0 saturated carbocycles. The molecular weight excluding hydrogens is 432 g/mol. The maximum atomic E-state index is 2.47. The van der Waals surface area contributed by atoms with Gasteiger partial charge in [0.05, 0.1) is 0 Å². The monoisotopic (exact) mass is 464 g/mol. The maximum absolute atomic E-state index is 2.47. The Morgan fingerprint density at radius 3 is 1.86 bits per heavy atom. The average molecular weight is 465 g/mol. The maximum Gasteiger partial charge on any atom is 0.000207 e. The molecule has 36 heavy (non-hydrogen) atoms. The fraction of sp³-hybridized carbons (Fsp3) is 0.167. The fourth-order valence-electron chi connectivity index (χ4n) is 5.71. The van der Waals surface area contributed by atoms with Crippen LogP contribution in [0.2, 0.25) is 0 Å². The van der Waals surface area contributed by atoms with Crippen molar-refractivity contribution in [1.82, 2.24) is 0 Å². The van der Waals surface area contributed by atoms with E-state index >= 15 is 0 Å². The van der Waals surface area contributed by atoms with Crippen molar-refractivity contribution in [2.45, 2.75) is 27.7 Å². The molecule has 2 aliphatic rings. The van der Waals surface area contributed by atoms with Crippen LogP contribution >= 0.6 is 0 Å². The Kier molecular flexibility index (Phi) is 5.41. The van der Waals surface area contributed by atoms with E-state index in [0.29, 0.717) is 5.92 Å². The van der Waals surface area contributed by atoms with Gasteiger partial charge < -0.3 is 0 Å². The Morgan fingerprint density at radius 1 is 0.639 bits per heavy atom. The lowest BCUT2D eigenvalue weighted by Crippen LogP contribution is -2.17. The molecule has 0 heterocycles.